The minimum absolute atomic E-state index is 0.126. The Balaban J connectivity index is 1.85. The summed E-state index contributed by atoms with van der Waals surface area (Å²) in [4.78, 5) is 13.6. The minimum Gasteiger partial charge on any atom is -0.391 e. The minimum atomic E-state index is -0.126. The van der Waals surface area contributed by atoms with Crippen LogP contribution in [-0.4, -0.2) is 41.0 Å². The molecule has 2 fully saturated rings. The first-order chi connectivity index (χ1) is 7.18. The topological polar surface area (TPSA) is 40.5 Å². The van der Waals surface area contributed by atoms with Gasteiger partial charge in [0.1, 0.15) is 5.78 Å². The number of ketones is 1. The van der Waals surface area contributed by atoms with Crippen LogP contribution in [0.5, 0.6) is 0 Å². The molecule has 0 radical (unpaired) electrons. The standard InChI is InChI=1S/C12H21NO2/c1-9(14)10-5-7-13(8-6-10)11-3-2-4-12(11)15/h10-12,15H,2-8H2,1H3. The van der Waals surface area contributed by atoms with E-state index in [1.54, 1.807) is 6.92 Å². The van der Waals surface area contributed by atoms with E-state index in [-0.39, 0.29) is 12.0 Å². The monoisotopic (exact) mass is 211 g/mol. The van der Waals surface area contributed by atoms with Crippen molar-refractivity contribution in [3.8, 4) is 0 Å². The van der Waals surface area contributed by atoms with Crippen LogP contribution in [0.25, 0.3) is 0 Å². The van der Waals surface area contributed by atoms with Gasteiger partial charge in [-0.1, -0.05) is 0 Å². The number of carbonyl (C=O) groups excluding carboxylic acids is 1. The van der Waals surface area contributed by atoms with Crippen molar-refractivity contribution in [2.75, 3.05) is 13.1 Å². The number of aliphatic hydroxyl groups excluding tert-OH is 1. The molecule has 1 N–H and O–H groups in total. The first-order valence-electron chi connectivity index (χ1n) is 6.11. The molecule has 0 bridgehead atoms. The van der Waals surface area contributed by atoms with Crippen molar-refractivity contribution < 1.29 is 9.90 Å². The van der Waals surface area contributed by atoms with Gasteiger partial charge in [0.05, 0.1) is 6.10 Å². The molecule has 2 aliphatic rings. The average molecular weight is 211 g/mol. The highest BCUT2D eigenvalue weighted by atomic mass is 16.3. The lowest BCUT2D eigenvalue weighted by Crippen LogP contribution is -2.45. The van der Waals surface area contributed by atoms with Gasteiger partial charge in [-0.2, -0.15) is 0 Å². The van der Waals surface area contributed by atoms with Gasteiger partial charge in [0.2, 0.25) is 0 Å². The second-order valence-electron chi connectivity index (χ2n) is 4.99. The van der Waals surface area contributed by atoms with Crippen LogP contribution in [0.3, 0.4) is 0 Å². The highest BCUT2D eigenvalue weighted by Gasteiger charge is 2.33. The Morgan fingerprint density at radius 1 is 1.20 bits per heavy atom. The molecule has 0 aromatic rings. The fourth-order valence-corrected chi connectivity index (χ4v) is 2.98. The predicted octanol–water partition coefficient (Wildman–Crippen LogP) is 1.20. The van der Waals surface area contributed by atoms with E-state index >= 15 is 0 Å². The van der Waals surface area contributed by atoms with Gasteiger partial charge in [0, 0.05) is 12.0 Å². The number of Topliss-reactive ketones (excluding diaryl/α,β-unsaturated/α-hetero) is 1. The van der Waals surface area contributed by atoms with Gasteiger partial charge in [-0.05, 0) is 52.1 Å². The number of nitrogens with zero attached hydrogens (tertiary/aromatic N) is 1. The molecule has 0 amide bonds. The Kier molecular flexibility index (Phi) is 3.42. The lowest BCUT2D eigenvalue weighted by Gasteiger charge is -2.36. The SMILES string of the molecule is CC(=O)C1CCN(C2CCCC2O)CC1. The largest absolute Gasteiger partial charge is 0.391 e. The summed E-state index contributed by atoms with van der Waals surface area (Å²) in [5.41, 5.74) is 0. The normalized spacial score (nSPS) is 34.5. The third kappa shape index (κ3) is 2.40. The zero-order valence-electron chi connectivity index (χ0n) is 9.48. The number of hydrogen-bond donors (Lipinski definition) is 1. The Hall–Kier alpha value is -0.410. The number of rotatable bonds is 2. The molecule has 1 aliphatic heterocycles. The number of carbonyl (C=O) groups is 1. The average Bonchev–Trinajstić information content (AvgIpc) is 2.65. The van der Waals surface area contributed by atoms with Gasteiger partial charge in [-0.15, -0.1) is 0 Å². The molecule has 1 aliphatic carbocycles. The Morgan fingerprint density at radius 2 is 1.87 bits per heavy atom. The van der Waals surface area contributed by atoms with Crippen molar-refractivity contribution >= 4 is 5.78 Å². The second-order valence-corrected chi connectivity index (χ2v) is 4.99. The van der Waals surface area contributed by atoms with Crippen LogP contribution in [0.2, 0.25) is 0 Å². The van der Waals surface area contributed by atoms with Crippen molar-refractivity contribution in [3.05, 3.63) is 0 Å². The fraction of sp³-hybridized carbons (Fsp3) is 0.917. The molecule has 1 saturated heterocycles. The van der Waals surface area contributed by atoms with Gasteiger partial charge in [-0.25, -0.2) is 0 Å². The maximum Gasteiger partial charge on any atom is 0.133 e. The molecule has 1 heterocycles. The van der Waals surface area contributed by atoms with E-state index in [2.05, 4.69) is 4.90 Å². The van der Waals surface area contributed by atoms with E-state index < -0.39 is 0 Å². The van der Waals surface area contributed by atoms with Gasteiger partial charge in [-0.3, -0.25) is 9.69 Å². The van der Waals surface area contributed by atoms with Crippen molar-refractivity contribution in [2.45, 2.75) is 51.2 Å². The number of hydrogen-bond acceptors (Lipinski definition) is 3. The molecular formula is C12H21NO2. The highest BCUT2D eigenvalue weighted by molar-refractivity contribution is 5.78. The van der Waals surface area contributed by atoms with Crippen LogP contribution in [0.15, 0.2) is 0 Å². The van der Waals surface area contributed by atoms with Crippen LogP contribution in [0, 0.1) is 5.92 Å². The molecule has 2 unspecified atom stereocenters. The zero-order chi connectivity index (χ0) is 10.8. The first-order valence-corrected chi connectivity index (χ1v) is 6.11. The Labute approximate surface area is 91.5 Å². The zero-order valence-corrected chi connectivity index (χ0v) is 9.48. The summed E-state index contributed by atoms with van der Waals surface area (Å²) in [6.45, 7) is 3.68. The van der Waals surface area contributed by atoms with E-state index in [1.165, 1.54) is 0 Å². The van der Waals surface area contributed by atoms with Crippen molar-refractivity contribution in [1.82, 2.24) is 4.90 Å². The second kappa shape index (κ2) is 4.62. The molecular weight excluding hydrogens is 190 g/mol. The van der Waals surface area contributed by atoms with E-state index in [0.717, 1.165) is 45.2 Å². The summed E-state index contributed by atoms with van der Waals surface area (Å²) in [5.74, 6) is 0.612. The highest BCUT2D eigenvalue weighted by Crippen LogP contribution is 2.28. The molecule has 2 atom stereocenters. The summed E-state index contributed by atoms with van der Waals surface area (Å²) >= 11 is 0. The summed E-state index contributed by atoms with van der Waals surface area (Å²) < 4.78 is 0. The summed E-state index contributed by atoms with van der Waals surface area (Å²) in [5, 5.41) is 9.81. The van der Waals surface area contributed by atoms with E-state index in [9.17, 15) is 9.90 Å². The molecule has 1 saturated carbocycles. The number of likely N-dealkylation sites (tertiary alicyclic amines) is 1. The fourth-order valence-electron chi connectivity index (χ4n) is 2.98. The molecule has 2 rings (SSSR count). The molecule has 3 nitrogen and oxygen atoms in total. The third-order valence-corrected chi connectivity index (χ3v) is 4.02. The van der Waals surface area contributed by atoms with E-state index in [0.29, 0.717) is 11.8 Å². The van der Waals surface area contributed by atoms with Gasteiger partial charge in [0.15, 0.2) is 0 Å². The summed E-state index contributed by atoms with van der Waals surface area (Å²) in [7, 11) is 0. The summed E-state index contributed by atoms with van der Waals surface area (Å²) in [6.07, 6.45) is 5.08. The lowest BCUT2D eigenvalue weighted by molar-refractivity contribution is -0.122. The Bertz CT molecular complexity index is 234. The van der Waals surface area contributed by atoms with Crippen LogP contribution in [0.1, 0.15) is 39.0 Å². The molecule has 0 aromatic heterocycles. The van der Waals surface area contributed by atoms with Crippen LogP contribution in [-0.2, 0) is 4.79 Å². The Morgan fingerprint density at radius 3 is 2.33 bits per heavy atom. The molecule has 3 heteroatoms. The lowest BCUT2D eigenvalue weighted by atomic mass is 9.92. The molecule has 15 heavy (non-hydrogen) atoms. The summed E-state index contributed by atoms with van der Waals surface area (Å²) in [6, 6.07) is 0.373. The predicted molar refractivity (Wildman–Crippen MR) is 58.6 cm³/mol. The van der Waals surface area contributed by atoms with Gasteiger partial charge < -0.3 is 5.11 Å². The molecule has 0 spiro atoms. The van der Waals surface area contributed by atoms with E-state index in [4.69, 9.17) is 0 Å². The van der Waals surface area contributed by atoms with E-state index in [1.807, 2.05) is 0 Å². The maximum absolute atomic E-state index is 11.2. The number of piperidine rings is 1. The molecule has 0 aromatic carbocycles. The van der Waals surface area contributed by atoms with Crippen molar-refractivity contribution in [1.29, 1.82) is 0 Å². The smallest absolute Gasteiger partial charge is 0.133 e. The quantitative estimate of drug-likeness (QED) is 0.746. The van der Waals surface area contributed by atoms with Crippen LogP contribution < -0.4 is 0 Å². The van der Waals surface area contributed by atoms with Crippen LogP contribution in [0.4, 0.5) is 0 Å². The number of aliphatic hydroxyl groups is 1. The van der Waals surface area contributed by atoms with Crippen molar-refractivity contribution in [3.63, 3.8) is 0 Å². The first kappa shape index (κ1) is 11.1. The van der Waals surface area contributed by atoms with Crippen molar-refractivity contribution in [2.24, 2.45) is 5.92 Å². The van der Waals surface area contributed by atoms with Gasteiger partial charge >= 0.3 is 0 Å². The third-order valence-electron chi connectivity index (χ3n) is 4.02. The van der Waals surface area contributed by atoms with Crippen LogP contribution >= 0.6 is 0 Å². The molecule has 86 valence electrons. The maximum atomic E-state index is 11.2. The van der Waals surface area contributed by atoms with Gasteiger partial charge in [0.25, 0.3) is 0 Å².